The molecule has 5 nitrogen and oxygen atoms in total. The van der Waals surface area contributed by atoms with Crippen LogP contribution in [0.4, 0.5) is 17.1 Å². The van der Waals surface area contributed by atoms with Gasteiger partial charge in [0.25, 0.3) is 5.91 Å². The molecule has 2 aromatic carbocycles. The lowest BCUT2D eigenvalue weighted by Gasteiger charge is -2.14. The van der Waals surface area contributed by atoms with E-state index in [0.717, 1.165) is 5.69 Å². The van der Waals surface area contributed by atoms with Crippen LogP contribution in [0.3, 0.4) is 0 Å². The maximum absolute atomic E-state index is 12.3. The Morgan fingerprint density at radius 1 is 1.19 bits per heavy atom. The van der Waals surface area contributed by atoms with Gasteiger partial charge in [-0.15, -0.1) is 0 Å². The summed E-state index contributed by atoms with van der Waals surface area (Å²) < 4.78 is 5.13. The fourth-order valence-electron chi connectivity index (χ4n) is 1.89. The van der Waals surface area contributed by atoms with E-state index in [1.807, 2.05) is 37.2 Å². The van der Waals surface area contributed by atoms with Gasteiger partial charge in [0.05, 0.1) is 18.5 Å². The standard InChI is InChI=1S/C16H19N3O2/c1-19(2)12-6-4-5-11(9-12)16(20)18-15-10-13(21-3)7-8-14(15)17/h4-10H,17H2,1-3H3,(H,18,20). The van der Waals surface area contributed by atoms with E-state index in [4.69, 9.17) is 10.5 Å². The Morgan fingerprint density at radius 3 is 2.62 bits per heavy atom. The molecular formula is C16H19N3O2. The van der Waals surface area contributed by atoms with Crippen LogP contribution >= 0.6 is 0 Å². The zero-order valence-corrected chi connectivity index (χ0v) is 12.4. The monoisotopic (exact) mass is 285 g/mol. The molecule has 0 saturated carbocycles. The highest BCUT2D eigenvalue weighted by molar-refractivity contribution is 6.06. The fraction of sp³-hybridized carbons (Fsp3) is 0.188. The summed E-state index contributed by atoms with van der Waals surface area (Å²) in [5, 5.41) is 2.80. The van der Waals surface area contributed by atoms with Crippen molar-refractivity contribution in [3.05, 3.63) is 48.0 Å². The Balaban J connectivity index is 2.23. The molecule has 21 heavy (non-hydrogen) atoms. The number of anilines is 3. The van der Waals surface area contributed by atoms with Crippen molar-refractivity contribution in [2.45, 2.75) is 0 Å². The van der Waals surface area contributed by atoms with Gasteiger partial charge in [0.2, 0.25) is 0 Å². The SMILES string of the molecule is COc1ccc(N)c(NC(=O)c2cccc(N(C)C)c2)c1. The van der Waals surface area contributed by atoms with Gasteiger partial charge >= 0.3 is 0 Å². The van der Waals surface area contributed by atoms with Crippen LogP contribution in [-0.2, 0) is 0 Å². The minimum atomic E-state index is -0.210. The third-order valence-electron chi connectivity index (χ3n) is 3.13. The number of amides is 1. The predicted molar refractivity (Wildman–Crippen MR) is 86.1 cm³/mol. The van der Waals surface area contributed by atoms with E-state index < -0.39 is 0 Å². The molecule has 0 unspecified atom stereocenters. The fourth-order valence-corrected chi connectivity index (χ4v) is 1.89. The molecule has 2 aromatic rings. The van der Waals surface area contributed by atoms with Gasteiger partial charge in [-0.1, -0.05) is 6.07 Å². The number of nitrogens with one attached hydrogen (secondary N) is 1. The van der Waals surface area contributed by atoms with Crippen molar-refractivity contribution in [3.8, 4) is 5.75 Å². The van der Waals surface area contributed by atoms with Gasteiger partial charge in [-0.2, -0.15) is 0 Å². The Morgan fingerprint density at radius 2 is 1.95 bits per heavy atom. The number of nitrogens with zero attached hydrogens (tertiary/aromatic N) is 1. The second-order valence-corrected chi connectivity index (χ2v) is 4.85. The number of hydrogen-bond acceptors (Lipinski definition) is 4. The molecule has 0 bridgehead atoms. The van der Waals surface area contributed by atoms with E-state index in [1.165, 1.54) is 0 Å². The van der Waals surface area contributed by atoms with Gasteiger partial charge in [0, 0.05) is 31.4 Å². The van der Waals surface area contributed by atoms with Gasteiger partial charge in [0.1, 0.15) is 5.75 Å². The number of nitrogens with two attached hydrogens (primary N) is 1. The second kappa shape index (κ2) is 6.17. The number of ether oxygens (including phenoxy) is 1. The van der Waals surface area contributed by atoms with Crippen LogP contribution in [0.2, 0.25) is 0 Å². The van der Waals surface area contributed by atoms with E-state index >= 15 is 0 Å². The predicted octanol–water partition coefficient (Wildman–Crippen LogP) is 2.60. The zero-order chi connectivity index (χ0) is 15.4. The molecule has 0 atom stereocenters. The topological polar surface area (TPSA) is 67.6 Å². The Hall–Kier alpha value is -2.69. The molecule has 0 aliphatic carbocycles. The number of nitrogen functional groups attached to an aromatic ring is 1. The van der Waals surface area contributed by atoms with Crippen LogP contribution in [0, 0.1) is 0 Å². The quantitative estimate of drug-likeness (QED) is 0.847. The van der Waals surface area contributed by atoms with E-state index in [0.29, 0.717) is 22.7 Å². The molecule has 0 aliphatic heterocycles. The summed E-state index contributed by atoms with van der Waals surface area (Å²) >= 11 is 0. The molecule has 2 rings (SSSR count). The van der Waals surface area contributed by atoms with Crippen molar-refractivity contribution in [1.29, 1.82) is 0 Å². The van der Waals surface area contributed by atoms with Crippen molar-refractivity contribution in [1.82, 2.24) is 0 Å². The highest BCUT2D eigenvalue weighted by Gasteiger charge is 2.10. The normalized spacial score (nSPS) is 10.0. The lowest BCUT2D eigenvalue weighted by atomic mass is 10.1. The van der Waals surface area contributed by atoms with Crippen molar-refractivity contribution in [2.75, 3.05) is 37.2 Å². The van der Waals surface area contributed by atoms with Crippen LogP contribution in [0.15, 0.2) is 42.5 Å². The van der Waals surface area contributed by atoms with Crippen LogP contribution in [0.25, 0.3) is 0 Å². The third kappa shape index (κ3) is 3.45. The zero-order valence-electron chi connectivity index (χ0n) is 12.4. The molecule has 0 radical (unpaired) electrons. The number of rotatable bonds is 4. The number of carbonyl (C=O) groups is 1. The van der Waals surface area contributed by atoms with Crippen LogP contribution in [0.1, 0.15) is 10.4 Å². The molecule has 0 aliphatic rings. The summed E-state index contributed by atoms with van der Waals surface area (Å²) in [6, 6.07) is 12.5. The van der Waals surface area contributed by atoms with E-state index in [-0.39, 0.29) is 5.91 Å². The first-order valence-electron chi connectivity index (χ1n) is 6.53. The summed E-state index contributed by atoms with van der Waals surface area (Å²) in [5.41, 5.74) is 8.43. The van der Waals surface area contributed by atoms with Crippen molar-refractivity contribution in [2.24, 2.45) is 0 Å². The summed E-state index contributed by atoms with van der Waals surface area (Å²) in [6.45, 7) is 0. The maximum atomic E-state index is 12.3. The molecular weight excluding hydrogens is 266 g/mol. The van der Waals surface area contributed by atoms with E-state index in [9.17, 15) is 4.79 Å². The van der Waals surface area contributed by atoms with Gasteiger partial charge in [-0.3, -0.25) is 4.79 Å². The molecule has 0 spiro atoms. The molecule has 0 heterocycles. The Kier molecular flexibility index (Phi) is 4.33. The lowest BCUT2D eigenvalue weighted by Crippen LogP contribution is -2.15. The van der Waals surface area contributed by atoms with Gasteiger partial charge < -0.3 is 20.7 Å². The summed E-state index contributed by atoms with van der Waals surface area (Å²) in [7, 11) is 5.42. The van der Waals surface area contributed by atoms with Crippen molar-refractivity contribution < 1.29 is 9.53 Å². The average Bonchev–Trinajstić information content (AvgIpc) is 2.49. The molecule has 3 N–H and O–H groups in total. The molecule has 5 heteroatoms. The largest absolute Gasteiger partial charge is 0.497 e. The minimum absolute atomic E-state index is 0.210. The second-order valence-electron chi connectivity index (χ2n) is 4.85. The average molecular weight is 285 g/mol. The van der Waals surface area contributed by atoms with E-state index in [1.54, 1.807) is 31.4 Å². The number of methoxy groups -OCH3 is 1. The molecule has 0 aromatic heterocycles. The molecule has 0 saturated heterocycles. The highest BCUT2D eigenvalue weighted by atomic mass is 16.5. The summed E-state index contributed by atoms with van der Waals surface area (Å²) in [6.07, 6.45) is 0. The van der Waals surface area contributed by atoms with Crippen LogP contribution in [0.5, 0.6) is 5.75 Å². The van der Waals surface area contributed by atoms with Crippen LogP contribution < -0.4 is 20.7 Å². The Bertz CT molecular complexity index is 654. The van der Waals surface area contributed by atoms with Crippen LogP contribution in [-0.4, -0.2) is 27.1 Å². The first-order valence-corrected chi connectivity index (χ1v) is 6.53. The molecule has 0 fully saturated rings. The first-order chi connectivity index (χ1) is 10.0. The van der Waals surface area contributed by atoms with E-state index in [2.05, 4.69) is 5.32 Å². The van der Waals surface area contributed by atoms with Gasteiger partial charge in [0.15, 0.2) is 0 Å². The number of benzene rings is 2. The number of hydrogen-bond donors (Lipinski definition) is 2. The minimum Gasteiger partial charge on any atom is -0.497 e. The van der Waals surface area contributed by atoms with Crippen molar-refractivity contribution >= 4 is 23.0 Å². The Labute approximate surface area is 124 Å². The number of carbonyl (C=O) groups excluding carboxylic acids is 1. The first kappa shape index (κ1) is 14.7. The maximum Gasteiger partial charge on any atom is 0.255 e. The highest BCUT2D eigenvalue weighted by Crippen LogP contribution is 2.25. The smallest absolute Gasteiger partial charge is 0.255 e. The lowest BCUT2D eigenvalue weighted by molar-refractivity contribution is 0.102. The van der Waals surface area contributed by atoms with Crippen molar-refractivity contribution in [3.63, 3.8) is 0 Å². The molecule has 110 valence electrons. The third-order valence-corrected chi connectivity index (χ3v) is 3.13. The summed E-state index contributed by atoms with van der Waals surface area (Å²) in [5.74, 6) is 0.431. The van der Waals surface area contributed by atoms with Gasteiger partial charge in [-0.05, 0) is 30.3 Å². The van der Waals surface area contributed by atoms with Gasteiger partial charge in [-0.25, -0.2) is 0 Å². The summed E-state index contributed by atoms with van der Waals surface area (Å²) in [4.78, 5) is 14.3. The molecule has 1 amide bonds.